The van der Waals surface area contributed by atoms with Crippen LogP contribution in [0.5, 0.6) is 34.5 Å². The topological polar surface area (TPSA) is 48.0 Å². The first-order chi connectivity index (χ1) is 29.6. The summed E-state index contributed by atoms with van der Waals surface area (Å²) >= 11 is 0. The van der Waals surface area contributed by atoms with E-state index in [9.17, 15) is 4.21 Å². The summed E-state index contributed by atoms with van der Waals surface area (Å²) < 4.78 is 34.3. The second-order valence-electron chi connectivity index (χ2n) is 17.9. The summed E-state index contributed by atoms with van der Waals surface area (Å²) in [4.78, 5) is 3.03. The lowest BCUT2D eigenvalue weighted by Crippen LogP contribution is -2.24. The molecule has 8 aromatic rings. The summed E-state index contributed by atoms with van der Waals surface area (Å²) in [5, 5.41) is 0. The molecule has 5 aliphatic rings. The molecule has 2 aliphatic carbocycles. The average Bonchev–Trinajstić information content (AvgIpc) is 3.65. The highest BCUT2D eigenvalue weighted by Gasteiger charge is 2.44. The lowest BCUT2D eigenvalue weighted by molar-refractivity contribution is 0.418. The van der Waals surface area contributed by atoms with Crippen LogP contribution in [0.1, 0.15) is 49.9 Å². The van der Waals surface area contributed by atoms with Crippen molar-refractivity contribution in [2.24, 2.45) is 0 Å². The number of ether oxygens (including phenoxy) is 3. The Morgan fingerprint density at radius 3 is 1.15 bits per heavy atom. The van der Waals surface area contributed by atoms with Gasteiger partial charge in [0.1, 0.15) is 17.1 Å². The molecule has 5 nitrogen and oxygen atoms in total. The Balaban J connectivity index is 1.06. The minimum absolute atomic E-state index is 0.144. The van der Waals surface area contributed by atoms with Crippen LogP contribution in [0.15, 0.2) is 150 Å². The number of hydrogen-bond donors (Lipinski definition) is 0. The molecule has 0 aromatic heterocycles. The molecule has 0 fully saturated rings. The van der Waals surface area contributed by atoms with Gasteiger partial charge in [0.25, 0.3) is 0 Å². The number of hydrogen-bond acceptors (Lipinski definition) is 5. The maximum atomic E-state index is 13.1. The molecule has 0 amide bonds. The fourth-order valence-corrected chi connectivity index (χ4v) is 11.7. The first kappa shape index (κ1) is 34.9. The van der Waals surface area contributed by atoms with Crippen molar-refractivity contribution in [3.63, 3.8) is 0 Å². The molecule has 6 heteroatoms. The zero-order chi connectivity index (χ0) is 41.1. The summed E-state index contributed by atoms with van der Waals surface area (Å²) in [5.74, 6) is 4.14. The predicted octanol–water partition coefficient (Wildman–Crippen LogP) is 14.8. The average molecular weight is 810 g/mol. The molecule has 8 aromatic carbocycles. The third kappa shape index (κ3) is 4.58. The molecule has 13 rings (SSSR count). The molecule has 61 heavy (non-hydrogen) atoms. The minimum Gasteiger partial charge on any atom is -0.453 e. The van der Waals surface area contributed by atoms with E-state index in [0.717, 1.165) is 55.3 Å². The summed E-state index contributed by atoms with van der Waals surface area (Å²) in [6, 6.07) is 51.5. The molecule has 0 bridgehead atoms. The molecule has 1 unspecified atom stereocenters. The van der Waals surface area contributed by atoms with Crippen LogP contribution in [-0.4, -0.2) is 10.5 Å². The van der Waals surface area contributed by atoms with Gasteiger partial charge in [0, 0.05) is 22.0 Å². The van der Waals surface area contributed by atoms with Gasteiger partial charge in [-0.15, -0.1) is 0 Å². The number of rotatable bonds is 4. The van der Waals surface area contributed by atoms with Gasteiger partial charge in [-0.1, -0.05) is 131 Å². The van der Waals surface area contributed by atoms with E-state index in [1.54, 1.807) is 6.26 Å². The highest BCUT2D eigenvalue weighted by Crippen LogP contribution is 2.69. The molecule has 1 atom stereocenters. The van der Waals surface area contributed by atoms with E-state index in [1.807, 2.05) is 24.3 Å². The van der Waals surface area contributed by atoms with Crippen LogP contribution in [-0.2, 0) is 21.6 Å². The van der Waals surface area contributed by atoms with Gasteiger partial charge in [0.05, 0.1) is 10.8 Å². The van der Waals surface area contributed by atoms with E-state index in [2.05, 4.69) is 154 Å². The summed E-state index contributed by atoms with van der Waals surface area (Å²) in [6.07, 6.45) is 1.72. The minimum atomic E-state index is -1.21. The largest absolute Gasteiger partial charge is 0.453 e. The highest BCUT2D eigenvalue weighted by atomic mass is 32.2. The number of anilines is 3. The van der Waals surface area contributed by atoms with Crippen LogP contribution in [0, 0.1) is 0 Å². The van der Waals surface area contributed by atoms with Crippen molar-refractivity contribution < 1.29 is 18.4 Å². The molecule has 0 spiro atoms. The fraction of sp³-hybridized carbons (Fsp3) is 0.127. The molecule has 0 saturated carbocycles. The maximum absolute atomic E-state index is 13.1. The standard InChI is InChI=1S/C55H39NO4S/c1-54(2)38-19-9-6-15-36(38)49-34(17-12-21-40(49)54)31-26-44-52-46(28-31)60-47-29-32(35-18-13-22-41-50(35)37-16-7-10-20-39(37)55(41,3)4)27-45-53(47)56(52)51-42(58-44)24-30(25-43(51)59-45)33-14-8-11-23-48(33)61(5)57/h6-29H,1-5H3. The van der Waals surface area contributed by atoms with E-state index in [0.29, 0.717) is 34.5 Å². The third-order valence-corrected chi connectivity index (χ3v) is 14.8. The van der Waals surface area contributed by atoms with E-state index in [4.69, 9.17) is 14.2 Å². The van der Waals surface area contributed by atoms with Crippen LogP contribution in [0.2, 0.25) is 0 Å². The van der Waals surface area contributed by atoms with Crippen molar-refractivity contribution >= 4 is 27.9 Å². The van der Waals surface area contributed by atoms with Crippen LogP contribution >= 0.6 is 0 Å². The zero-order valence-electron chi connectivity index (χ0n) is 34.3. The Labute approximate surface area is 357 Å². The van der Waals surface area contributed by atoms with E-state index < -0.39 is 10.8 Å². The second-order valence-corrected chi connectivity index (χ2v) is 19.2. The molecular weight excluding hydrogens is 771 g/mol. The van der Waals surface area contributed by atoms with Gasteiger partial charge in [-0.05, 0) is 120 Å². The predicted molar refractivity (Wildman–Crippen MR) is 245 cm³/mol. The number of nitrogens with zero attached hydrogens (tertiary/aromatic N) is 1. The van der Waals surface area contributed by atoms with Crippen molar-refractivity contribution in [3.8, 4) is 90.1 Å². The Hall–Kier alpha value is -6.89. The smallest absolute Gasteiger partial charge is 0.156 e. The lowest BCUT2D eigenvalue weighted by Gasteiger charge is -2.42. The maximum Gasteiger partial charge on any atom is 0.156 e. The SMILES string of the molecule is CS(=O)c1ccccc1-c1cc2c3c(c1)Oc1cc(-c4cccc5c4-c4ccccc4C5(C)C)cc4c1N3c1c(cc(-c3cccc5c3-c3ccccc3C5(C)C)cc1O4)O2. The Morgan fingerprint density at radius 1 is 0.410 bits per heavy atom. The molecule has 0 radical (unpaired) electrons. The van der Waals surface area contributed by atoms with Crippen molar-refractivity contribution in [2.75, 3.05) is 11.2 Å². The summed E-state index contributed by atoms with van der Waals surface area (Å²) in [7, 11) is -1.21. The molecule has 294 valence electrons. The van der Waals surface area contributed by atoms with E-state index >= 15 is 0 Å². The number of benzene rings is 8. The van der Waals surface area contributed by atoms with Crippen molar-refractivity contribution in [2.45, 2.75) is 43.4 Å². The Bertz CT molecular complexity index is 3150. The van der Waals surface area contributed by atoms with Crippen LogP contribution < -0.4 is 19.1 Å². The zero-order valence-corrected chi connectivity index (χ0v) is 35.2. The summed E-state index contributed by atoms with van der Waals surface area (Å²) in [6.45, 7) is 9.26. The quantitative estimate of drug-likeness (QED) is 0.177. The first-order valence-corrected chi connectivity index (χ1v) is 22.4. The fourth-order valence-electron chi connectivity index (χ4n) is 11.0. The van der Waals surface area contributed by atoms with Crippen molar-refractivity contribution in [1.82, 2.24) is 0 Å². The van der Waals surface area contributed by atoms with Gasteiger partial charge in [0.2, 0.25) is 0 Å². The lowest BCUT2D eigenvalue weighted by atomic mass is 9.82. The second kappa shape index (κ2) is 11.9. The Morgan fingerprint density at radius 2 is 0.738 bits per heavy atom. The molecule has 0 N–H and O–H groups in total. The van der Waals surface area contributed by atoms with Crippen LogP contribution in [0.4, 0.5) is 17.1 Å². The van der Waals surface area contributed by atoms with Gasteiger partial charge >= 0.3 is 0 Å². The van der Waals surface area contributed by atoms with Crippen LogP contribution in [0.3, 0.4) is 0 Å². The summed E-state index contributed by atoms with van der Waals surface area (Å²) in [5.41, 5.74) is 18.5. The van der Waals surface area contributed by atoms with Gasteiger partial charge < -0.3 is 14.2 Å². The number of fused-ring (bicyclic) bond motifs is 6. The van der Waals surface area contributed by atoms with Gasteiger partial charge in [-0.3, -0.25) is 9.11 Å². The molecule has 0 saturated heterocycles. The first-order valence-electron chi connectivity index (χ1n) is 20.9. The molecule has 3 heterocycles. The highest BCUT2D eigenvalue weighted by molar-refractivity contribution is 7.84. The molecular formula is C55H39NO4S. The van der Waals surface area contributed by atoms with E-state index in [1.165, 1.54) is 44.5 Å². The van der Waals surface area contributed by atoms with Crippen LogP contribution in [0.25, 0.3) is 55.6 Å². The van der Waals surface area contributed by atoms with Gasteiger partial charge in [-0.2, -0.15) is 0 Å². The normalized spacial score (nSPS) is 15.9. The Kier molecular flexibility index (Phi) is 6.81. The van der Waals surface area contributed by atoms with Gasteiger partial charge in [-0.25, -0.2) is 0 Å². The monoisotopic (exact) mass is 809 g/mol. The van der Waals surface area contributed by atoms with E-state index in [-0.39, 0.29) is 10.8 Å². The van der Waals surface area contributed by atoms with Crippen molar-refractivity contribution in [1.29, 1.82) is 0 Å². The van der Waals surface area contributed by atoms with Gasteiger partial charge in [0.15, 0.2) is 34.5 Å². The molecule has 3 aliphatic heterocycles. The van der Waals surface area contributed by atoms with Crippen molar-refractivity contribution in [3.05, 3.63) is 168 Å². The third-order valence-electron chi connectivity index (χ3n) is 13.8.